The van der Waals surface area contributed by atoms with Crippen LogP contribution in [0.5, 0.6) is 5.75 Å². The van der Waals surface area contributed by atoms with Gasteiger partial charge in [0.25, 0.3) is 5.78 Å². The number of carbonyl (C=O) groups is 1. The molecule has 0 bridgehead atoms. The largest absolute Gasteiger partial charge is 0.491 e. The van der Waals surface area contributed by atoms with Gasteiger partial charge in [-0.25, -0.2) is 0 Å². The molecule has 1 aromatic carbocycles. The molecule has 0 atom stereocenters. The highest BCUT2D eigenvalue weighted by atomic mass is 16.5. The summed E-state index contributed by atoms with van der Waals surface area (Å²) in [6.07, 6.45) is 0.913. The molecule has 0 heterocycles. The molecule has 1 rings (SSSR count). The van der Waals surface area contributed by atoms with Crippen LogP contribution in [-0.2, 0) is 0 Å². The summed E-state index contributed by atoms with van der Waals surface area (Å²) < 4.78 is 5.42. The summed E-state index contributed by atoms with van der Waals surface area (Å²) in [4.78, 5) is 14.0. The molecule has 78 valence electrons. The first-order chi connectivity index (χ1) is 7.13. The standard InChI is InChI=1S/C11H12N2O2/c1-8(2)15-10-5-3-4-9(6-10)11(14)7-13-12/h3-8H,1-2H3. The van der Waals surface area contributed by atoms with Crippen LogP contribution in [0.25, 0.3) is 5.53 Å². The van der Waals surface area contributed by atoms with Gasteiger partial charge in [-0.1, -0.05) is 12.1 Å². The average Bonchev–Trinajstić information content (AvgIpc) is 2.17. The highest BCUT2D eigenvalue weighted by molar-refractivity contribution is 6.33. The molecule has 0 aliphatic rings. The quantitative estimate of drug-likeness (QED) is 0.325. The van der Waals surface area contributed by atoms with Crippen LogP contribution in [0, 0.1) is 0 Å². The number of carbonyl (C=O) groups excluding carboxylic acids is 1. The summed E-state index contributed by atoms with van der Waals surface area (Å²) >= 11 is 0. The number of ketones is 1. The van der Waals surface area contributed by atoms with Gasteiger partial charge in [-0.2, -0.15) is 4.79 Å². The minimum Gasteiger partial charge on any atom is -0.491 e. The molecular formula is C11H12N2O2. The summed E-state index contributed by atoms with van der Waals surface area (Å²) in [5, 5.41) is 0. The number of ether oxygens (including phenoxy) is 1. The molecule has 0 aliphatic carbocycles. The van der Waals surface area contributed by atoms with E-state index < -0.39 is 0 Å². The number of rotatable bonds is 4. The molecule has 0 N–H and O–H groups in total. The van der Waals surface area contributed by atoms with Gasteiger partial charge in [-0.3, -0.25) is 4.79 Å². The van der Waals surface area contributed by atoms with Crippen molar-refractivity contribution in [2.24, 2.45) is 0 Å². The van der Waals surface area contributed by atoms with Gasteiger partial charge in [-0.15, -0.1) is 0 Å². The Kier molecular flexibility index (Phi) is 3.77. The minimum absolute atomic E-state index is 0.0573. The van der Waals surface area contributed by atoms with Crippen LogP contribution in [0.2, 0.25) is 0 Å². The number of benzene rings is 1. The minimum atomic E-state index is -0.355. The number of Topliss-reactive ketones (excluding diaryl/α,β-unsaturated/α-hetero) is 1. The smallest absolute Gasteiger partial charge is 0.328 e. The number of hydrogen-bond donors (Lipinski definition) is 0. The Morgan fingerprint density at radius 1 is 1.53 bits per heavy atom. The third-order valence-corrected chi connectivity index (χ3v) is 1.67. The highest BCUT2D eigenvalue weighted by Gasteiger charge is 2.08. The topological polar surface area (TPSA) is 62.7 Å². The zero-order chi connectivity index (χ0) is 11.3. The summed E-state index contributed by atoms with van der Waals surface area (Å²) in [5.41, 5.74) is 8.67. The van der Waals surface area contributed by atoms with Crippen LogP contribution in [0.4, 0.5) is 0 Å². The van der Waals surface area contributed by atoms with E-state index in [4.69, 9.17) is 10.3 Å². The van der Waals surface area contributed by atoms with Crippen molar-refractivity contribution >= 4 is 12.0 Å². The fourth-order valence-corrected chi connectivity index (χ4v) is 1.12. The molecule has 4 heteroatoms. The summed E-state index contributed by atoms with van der Waals surface area (Å²) in [7, 11) is 0. The first kappa shape index (κ1) is 11.1. The summed E-state index contributed by atoms with van der Waals surface area (Å²) in [6, 6.07) is 6.74. The zero-order valence-corrected chi connectivity index (χ0v) is 8.68. The maximum atomic E-state index is 11.3. The Labute approximate surface area is 88.1 Å². The van der Waals surface area contributed by atoms with Crippen molar-refractivity contribution in [3.63, 3.8) is 0 Å². The van der Waals surface area contributed by atoms with Crippen LogP contribution in [0.15, 0.2) is 24.3 Å². The highest BCUT2D eigenvalue weighted by Crippen LogP contribution is 2.14. The lowest BCUT2D eigenvalue weighted by molar-refractivity contribution is 0.00235. The predicted molar refractivity (Wildman–Crippen MR) is 56.2 cm³/mol. The van der Waals surface area contributed by atoms with Crippen molar-refractivity contribution in [3.05, 3.63) is 35.4 Å². The van der Waals surface area contributed by atoms with Crippen molar-refractivity contribution in [1.82, 2.24) is 0 Å². The second kappa shape index (κ2) is 5.08. The summed E-state index contributed by atoms with van der Waals surface area (Å²) in [6.45, 7) is 3.81. The molecule has 1 aromatic rings. The van der Waals surface area contributed by atoms with E-state index in [0.717, 1.165) is 6.21 Å². The van der Waals surface area contributed by atoms with Crippen molar-refractivity contribution in [1.29, 1.82) is 0 Å². The molecule has 0 aliphatic heterocycles. The van der Waals surface area contributed by atoms with Crippen LogP contribution >= 0.6 is 0 Å². The molecule has 0 spiro atoms. The molecule has 0 radical (unpaired) electrons. The van der Waals surface area contributed by atoms with Gasteiger partial charge in [0.15, 0.2) is 0 Å². The molecule has 0 fully saturated rings. The Morgan fingerprint density at radius 3 is 2.87 bits per heavy atom. The Balaban J connectivity index is 2.92. The van der Waals surface area contributed by atoms with Gasteiger partial charge in [0, 0.05) is 5.56 Å². The predicted octanol–water partition coefficient (Wildman–Crippen LogP) is 1.96. The average molecular weight is 204 g/mol. The van der Waals surface area contributed by atoms with Crippen LogP contribution < -0.4 is 4.74 Å². The third kappa shape index (κ3) is 3.37. The SMILES string of the molecule is CC(C)Oc1cccc(C(=O)C=[N+]=[N-])c1. The molecule has 0 saturated heterocycles. The molecule has 4 nitrogen and oxygen atoms in total. The van der Waals surface area contributed by atoms with E-state index >= 15 is 0 Å². The maximum Gasteiger partial charge on any atom is 0.328 e. The lowest BCUT2D eigenvalue weighted by atomic mass is 10.1. The van der Waals surface area contributed by atoms with E-state index in [0.29, 0.717) is 11.3 Å². The van der Waals surface area contributed by atoms with Gasteiger partial charge in [0.2, 0.25) is 0 Å². The normalized spacial score (nSPS) is 9.53. The van der Waals surface area contributed by atoms with Gasteiger partial charge in [0.05, 0.1) is 6.10 Å². The monoisotopic (exact) mass is 204 g/mol. The van der Waals surface area contributed by atoms with E-state index in [-0.39, 0.29) is 11.9 Å². The van der Waals surface area contributed by atoms with Crippen molar-refractivity contribution in [3.8, 4) is 5.75 Å². The fourth-order valence-electron chi connectivity index (χ4n) is 1.12. The number of hydrogen-bond acceptors (Lipinski definition) is 2. The van der Waals surface area contributed by atoms with Gasteiger partial charge < -0.3 is 10.3 Å². The van der Waals surface area contributed by atoms with E-state index in [2.05, 4.69) is 4.79 Å². The van der Waals surface area contributed by atoms with Gasteiger partial charge in [-0.05, 0) is 26.0 Å². The van der Waals surface area contributed by atoms with Crippen molar-refractivity contribution < 1.29 is 14.3 Å². The van der Waals surface area contributed by atoms with E-state index in [1.165, 1.54) is 0 Å². The van der Waals surface area contributed by atoms with Crippen molar-refractivity contribution in [2.45, 2.75) is 20.0 Å². The maximum absolute atomic E-state index is 11.3. The molecule has 0 unspecified atom stereocenters. The van der Waals surface area contributed by atoms with E-state index in [1.807, 2.05) is 13.8 Å². The molecule has 15 heavy (non-hydrogen) atoms. The Bertz CT molecular complexity index is 407. The van der Waals surface area contributed by atoms with Crippen LogP contribution in [0.3, 0.4) is 0 Å². The Hall–Kier alpha value is -1.93. The van der Waals surface area contributed by atoms with Crippen molar-refractivity contribution in [2.75, 3.05) is 0 Å². The van der Waals surface area contributed by atoms with Crippen LogP contribution in [0.1, 0.15) is 24.2 Å². The molecule has 0 saturated carbocycles. The second-order valence-electron chi connectivity index (χ2n) is 3.30. The molecular weight excluding hydrogens is 192 g/mol. The third-order valence-electron chi connectivity index (χ3n) is 1.67. The number of nitrogens with zero attached hydrogens (tertiary/aromatic N) is 2. The van der Waals surface area contributed by atoms with Crippen LogP contribution in [-0.4, -0.2) is 22.9 Å². The molecule has 0 amide bonds. The second-order valence-corrected chi connectivity index (χ2v) is 3.30. The first-order valence-electron chi connectivity index (χ1n) is 4.62. The summed E-state index contributed by atoms with van der Waals surface area (Å²) in [5.74, 6) is 0.272. The zero-order valence-electron chi connectivity index (χ0n) is 8.68. The van der Waals surface area contributed by atoms with E-state index in [9.17, 15) is 4.79 Å². The van der Waals surface area contributed by atoms with Gasteiger partial charge in [0.1, 0.15) is 5.75 Å². The fraction of sp³-hybridized carbons (Fsp3) is 0.273. The Morgan fingerprint density at radius 2 is 2.27 bits per heavy atom. The lowest BCUT2D eigenvalue weighted by Crippen LogP contribution is -2.07. The van der Waals surface area contributed by atoms with Gasteiger partial charge >= 0.3 is 6.21 Å². The first-order valence-corrected chi connectivity index (χ1v) is 4.62. The molecule has 0 aromatic heterocycles. The van der Waals surface area contributed by atoms with E-state index in [1.54, 1.807) is 24.3 Å². The lowest BCUT2D eigenvalue weighted by Gasteiger charge is -2.09.